The number of piperazine rings is 1. The first-order valence-electron chi connectivity index (χ1n) is 8.89. The van der Waals surface area contributed by atoms with Crippen molar-refractivity contribution in [3.63, 3.8) is 0 Å². The van der Waals surface area contributed by atoms with Crippen molar-refractivity contribution in [2.75, 3.05) is 43.4 Å². The third kappa shape index (κ3) is 4.78. The molecule has 1 fully saturated rings. The molecule has 0 saturated carbocycles. The molecular weight excluding hydrogens is 386 g/mol. The smallest absolute Gasteiger partial charge is 0.191 e. The van der Waals surface area contributed by atoms with Gasteiger partial charge in [0, 0.05) is 31.9 Å². The Morgan fingerprint density at radius 3 is 2.29 bits per heavy atom. The number of benzene rings is 2. The Labute approximate surface area is 163 Å². The molecule has 2 aromatic rings. The predicted molar refractivity (Wildman–Crippen MR) is 105 cm³/mol. The van der Waals surface area contributed by atoms with E-state index in [0.717, 1.165) is 11.8 Å². The molecular formula is C19H22F2N4O2S. The van der Waals surface area contributed by atoms with Crippen LogP contribution in [-0.2, 0) is 9.84 Å². The lowest BCUT2D eigenvalue weighted by Gasteiger charge is -2.36. The van der Waals surface area contributed by atoms with Crippen LogP contribution in [0, 0.1) is 11.6 Å². The molecule has 0 unspecified atom stereocenters. The van der Waals surface area contributed by atoms with Crippen molar-refractivity contribution in [2.24, 2.45) is 10.7 Å². The molecule has 0 radical (unpaired) electrons. The second kappa shape index (κ2) is 8.55. The minimum absolute atomic E-state index is 0.0410. The highest BCUT2D eigenvalue weighted by atomic mass is 32.2. The maximum atomic E-state index is 13.7. The van der Waals surface area contributed by atoms with Gasteiger partial charge >= 0.3 is 0 Å². The van der Waals surface area contributed by atoms with Gasteiger partial charge in [0.2, 0.25) is 0 Å². The number of sulfone groups is 1. The lowest BCUT2D eigenvalue weighted by Crippen LogP contribution is -2.51. The van der Waals surface area contributed by atoms with E-state index < -0.39 is 15.7 Å². The molecule has 150 valence electrons. The van der Waals surface area contributed by atoms with Gasteiger partial charge in [0.1, 0.15) is 16.5 Å². The van der Waals surface area contributed by atoms with Gasteiger partial charge in [0.15, 0.2) is 15.8 Å². The van der Waals surface area contributed by atoms with Crippen LogP contribution in [0.15, 0.2) is 58.4 Å². The Bertz CT molecular complexity index is 941. The number of guanidine groups is 1. The summed E-state index contributed by atoms with van der Waals surface area (Å²) in [5.41, 5.74) is 6.93. The van der Waals surface area contributed by atoms with Crippen LogP contribution in [0.3, 0.4) is 0 Å². The molecule has 2 N–H and O–H groups in total. The minimum atomic E-state index is -3.76. The summed E-state index contributed by atoms with van der Waals surface area (Å²) in [7, 11) is -3.76. The molecule has 2 aromatic carbocycles. The summed E-state index contributed by atoms with van der Waals surface area (Å²) >= 11 is 0. The number of hydrogen-bond donors (Lipinski definition) is 1. The zero-order valence-corrected chi connectivity index (χ0v) is 16.1. The average Bonchev–Trinajstić information content (AvgIpc) is 2.69. The molecule has 1 aliphatic rings. The third-order valence-electron chi connectivity index (χ3n) is 4.60. The number of anilines is 1. The molecule has 0 amide bonds. The lowest BCUT2D eigenvalue weighted by atomic mass is 10.2. The molecule has 1 heterocycles. The lowest BCUT2D eigenvalue weighted by molar-refractivity contribution is 0.381. The van der Waals surface area contributed by atoms with E-state index in [1.807, 2.05) is 4.90 Å². The van der Waals surface area contributed by atoms with Gasteiger partial charge in [-0.15, -0.1) is 0 Å². The molecule has 0 spiro atoms. The van der Waals surface area contributed by atoms with E-state index in [4.69, 9.17) is 5.73 Å². The van der Waals surface area contributed by atoms with Gasteiger partial charge in [-0.1, -0.05) is 12.1 Å². The second-order valence-corrected chi connectivity index (χ2v) is 8.52. The first kappa shape index (κ1) is 20.1. The van der Waals surface area contributed by atoms with Gasteiger partial charge in [-0.2, -0.15) is 0 Å². The maximum Gasteiger partial charge on any atom is 0.191 e. The van der Waals surface area contributed by atoms with Crippen molar-refractivity contribution >= 4 is 21.5 Å². The molecule has 9 heteroatoms. The van der Waals surface area contributed by atoms with Crippen LogP contribution in [-0.4, -0.2) is 57.8 Å². The number of hydrogen-bond acceptors (Lipinski definition) is 4. The second-order valence-electron chi connectivity index (χ2n) is 6.44. The molecule has 0 aliphatic carbocycles. The minimum Gasteiger partial charge on any atom is -0.370 e. The van der Waals surface area contributed by atoms with Gasteiger partial charge in [-0.05, 0) is 36.4 Å². The molecule has 3 rings (SSSR count). The number of rotatable bonds is 5. The van der Waals surface area contributed by atoms with Gasteiger partial charge in [0.05, 0.1) is 12.3 Å². The summed E-state index contributed by atoms with van der Waals surface area (Å²) in [5, 5.41) is 0. The van der Waals surface area contributed by atoms with Crippen molar-refractivity contribution < 1.29 is 17.2 Å². The largest absolute Gasteiger partial charge is 0.370 e. The van der Waals surface area contributed by atoms with Crippen molar-refractivity contribution in [3.8, 4) is 0 Å². The topological polar surface area (TPSA) is 79.0 Å². The Morgan fingerprint density at radius 2 is 1.64 bits per heavy atom. The summed E-state index contributed by atoms with van der Waals surface area (Å²) in [6.45, 7) is 2.57. The van der Waals surface area contributed by atoms with Crippen molar-refractivity contribution in [1.29, 1.82) is 0 Å². The van der Waals surface area contributed by atoms with Crippen LogP contribution in [0.5, 0.6) is 0 Å². The van der Waals surface area contributed by atoms with Crippen LogP contribution in [0.25, 0.3) is 0 Å². The fourth-order valence-corrected chi connectivity index (χ4v) is 4.24. The van der Waals surface area contributed by atoms with Gasteiger partial charge in [0.25, 0.3) is 0 Å². The van der Waals surface area contributed by atoms with Crippen molar-refractivity contribution in [3.05, 3.63) is 60.2 Å². The van der Waals surface area contributed by atoms with Crippen LogP contribution in [0.4, 0.5) is 14.5 Å². The average molecular weight is 408 g/mol. The number of nitrogens with zero attached hydrogens (tertiary/aromatic N) is 3. The van der Waals surface area contributed by atoms with Crippen molar-refractivity contribution in [2.45, 2.75) is 4.90 Å². The normalized spacial score (nSPS) is 15.7. The molecule has 0 aromatic heterocycles. The first-order valence-corrected chi connectivity index (χ1v) is 10.5. The highest BCUT2D eigenvalue weighted by Gasteiger charge is 2.20. The highest BCUT2D eigenvalue weighted by molar-refractivity contribution is 7.91. The van der Waals surface area contributed by atoms with E-state index in [9.17, 15) is 17.2 Å². The Balaban J connectivity index is 1.53. The molecule has 28 heavy (non-hydrogen) atoms. The summed E-state index contributed by atoms with van der Waals surface area (Å²) in [4.78, 5) is 7.81. The van der Waals surface area contributed by atoms with E-state index in [-0.39, 0.29) is 29.0 Å². The summed E-state index contributed by atoms with van der Waals surface area (Å²) in [5.74, 6) is -1.09. The number of aliphatic imine (C=N–C) groups is 1. The number of halogens is 2. The Kier molecular flexibility index (Phi) is 6.13. The van der Waals surface area contributed by atoms with Crippen LogP contribution in [0.1, 0.15) is 0 Å². The quantitative estimate of drug-likeness (QED) is 0.604. The maximum absolute atomic E-state index is 13.7. The van der Waals surface area contributed by atoms with Gasteiger partial charge in [-0.3, -0.25) is 4.99 Å². The Morgan fingerprint density at radius 1 is 1.00 bits per heavy atom. The highest BCUT2D eigenvalue weighted by Crippen LogP contribution is 2.17. The zero-order chi connectivity index (χ0) is 20.1. The monoisotopic (exact) mass is 408 g/mol. The van der Waals surface area contributed by atoms with Gasteiger partial charge < -0.3 is 15.5 Å². The zero-order valence-electron chi connectivity index (χ0n) is 15.3. The molecule has 0 bridgehead atoms. The molecule has 6 nitrogen and oxygen atoms in total. The predicted octanol–water partition coefficient (Wildman–Crippen LogP) is 1.88. The summed E-state index contributed by atoms with van der Waals surface area (Å²) in [6.07, 6.45) is 0. The van der Waals surface area contributed by atoms with E-state index in [1.54, 1.807) is 12.1 Å². The fourth-order valence-electron chi connectivity index (χ4n) is 3.03. The standard InChI is InChI=1S/C19H22F2N4O2S/c20-15-5-7-16(8-6-15)24-10-12-25(13-11-24)19(22)23-9-14-28(26,27)18-4-2-1-3-17(18)21/h1-8H,9-14H2,(H2,22,23). The summed E-state index contributed by atoms with van der Waals surface area (Å²) < 4.78 is 51.2. The molecule has 0 atom stereocenters. The van der Waals surface area contributed by atoms with E-state index in [1.165, 1.54) is 30.3 Å². The number of nitrogens with two attached hydrogens (primary N) is 1. The SMILES string of the molecule is NC(=NCCS(=O)(=O)c1ccccc1F)N1CCN(c2ccc(F)cc2)CC1. The molecule has 1 saturated heterocycles. The van der Waals surface area contributed by atoms with Crippen LogP contribution >= 0.6 is 0 Å². The van der Waals surface area contributed by atoms with E-state index >= 15 is 0 Å². The van der Waals surface area contributed by atoms with E-state index in [0.29, 0.717) is 26.2 Å². The Hall–Kier alpha value is -2.68. The van der Waals surface area contributed by atoms with Gasteiger partial charge in [-0.25, -0.2) is 17.2 Å². The van der Waals surface area contributed by atoms with Crippen LogP contribution < -0.4 is 10.6 Å². The van der Waals surface area contributed by atoms with E-state index in [2.05, 4.69) is 9.89 Å². The summed E-state index contributed by atoms with van der Waals surface area (Å²) in [6, 6.07) is 11.6. The first-order chi connectivity index (χ1) is 13.4. The molecule has 1 aliphatic heterocycles. The van der Waals surface area contributed by atoms with Crippen LogP contribution in [0.2, 0.25) is 0 Å². The fraction of sp³-hybridized carbons (Fsp3) is 0.316. The third-order valence-corrected chi connectivity index (χ3v) is 6.32. The van der Waals surface area contributed by atoms with Crippen molar-refractivity contribution in [1.82, 2.24) is 4.90 Å².